The molecule has 0 N–H and O–H groups in total. The molecule has 3 heteroatoms. The van der Waals surface area contributed by atoms with Gasteiger partial charge in [0.2, 0.25) is 0 Å². The Morgan fingerprint density at radius 2 is 1.88 bits per heavy atom. The summed E-state index contributed by atoms with van der Waals surface area (Å²) in [5.41, 5.74) is -0.264. The summed E-state index contributed by atoms with van der Waals surface area (Å²) in [4.78, 5) is 11.8. The summed E-state index contributed by atoms with van der Waals surface area (Å²) in [5, 5.41) is 0.694. The molecule has 1 aromatic rings. The van der Waals surface area contributed by atoms with Gasteiger partial charge in [0.05, 0.1) is 5.41 Å². The Labute approximate surface area is 107 Å². The molecule has 2 nitrogen and oxygen atoms in total. The second-order valence-corrected chi connectivity index (χ2v) is 4.99. The second-order valence-electron chi connectivity index (χ2n) is 4.55. The highest BCUT2D eigenvalue weighted by atomic mass is 35.5. The quantitative estimate of drug-likeness (QED) is 0.813. The summed E-state index contributed by atoms with van der Waals surface area (Å²) < 4.78 is 5.89. The zero-order valence-corrected chi connectivity index (χ0v) is 11.0. The monoisotopic (exact) mass is 252 g/mol. The molecule has 1 aliphatic carbocycles. The fourth-order valence-electron chi connectivity index (χ4n) is 2.55. The first-order valence-corrected chi connectivity index (χ1v) is 6.45. The van der Waals surface area contributed by atoms with Crippen LogP contribution in [0, 0.1) is 5.41 Å². The van der Waals surface area contributed by atoms with Crippen LogP contribution in [0.4, 0.5) is 0 Å². The van der Waals surface area contributed by atoms with Crippen molar-refractivity contribution in [3.63, 3.8) is 0 Å². The fourth-order valence-corrected chi connectivity index (χ4v) is 2.67. The first-order valence-electron chi connectivity index (χ1n) is 6.08. The molecule has 1 fully saturated rings. The first kappa shape index (κ1) is 12.4. The number of hydrogen-bond acceptors (Lipinski definition) is 2. The van der Waals surface area contributed by atoms with Crippen LogP contribution in [0.2, 0.25) is 5.02 Å². The largest absolute Gasteiger partial charge is 0.489 e. The molecule has 0 bridgehead atoms. The van der Waals surface area contributed by atoms with E-state index in [1.54, 1.807) is 12.1 Å². The maximum Gasteiger partial charge on any atom is 0.146 e. The highest BCUT2D eigenvalue weighted by Gasteiger charge is 2.53. The van der Waals surface area contributed by atoms with E-state index < -0.39 is 0 Å². The Hall–Kier alpha value is -1.02. The summed E-state index contributed by atoms with van der Waals surface area (Å²) in [7, 11) is 0. The van der Waals surface area contributed by atoms with Gasteiger partial charge in [0.25, 0.3) is 0 Å². The third-order valence-corrected chi connectivity index (χ3v) is 4.15. The van der Waals surface area contributed by atoms with Crippen molar-refractivity contribution in [1.29, 1.82) is 0 Å². The summed E-state index contributed by atoms with van der Waals surface area (Å²) in [6.07, 6.45) is 2.25. The van der Waals surface area contributed by atoms with Crippen LogP contribution in [-0.4, -0.2) is 11.9 Å². The van der Waals surface area contributed by atoms with Gasteiger partial charge in [-0.1, -0.05) is 25.4 Å². The minimum Gasteiger partial charge on any atom is -0.489 e. The molecule has 0 heterocycles. The second kappa shape index (κ2) is 4.69. The number of Topliss-reactive ketones (excluding diaryl/α,β-unsaturated/α-hetero) is 1. The Balaban J connectivity index is 2.10. The van der Waals surface area contributed by atoms with Crippen molar-refractivity contribution in [3.8, 4) is 5.75 Å². The molecule has 17 heavy (non-hydrogen) atoms. The van der Waals surface area contributed by atoms with Crippen LogP contribution in [0.25, 0.3) is 0 Å². The SMILES string of the molecule is CCC1(CC)C(=O)CC1Oc1ccc(Cl)cc1. The maximum absolute atomic E-state index is 11.8. The molecule has 92 valence electrons. The van der Waals surface area contributed by atoms with E-state index in [-0.39, 0.29) is 11.5 Å². The van der Waals surface area contributed by atoms with Crippen LogP contribution >= 0.6 is 11.6 Å². The standard InChI is InChI=1S/C14H17ClO2/c1-3-14(4-2)12(16)9-13(14)17-11-7-5-10(15)6-8-11/h5-8,13H,3-4,9H2,1-2H3. The first-order chi connectivity index (χ1) is 8.12. The van der Waals surface area contributed by atoms with Gasteiger partial charge in [0.1, 0.15) is 17.6 Å². The maximum atomic E-state index is 11.8. The number of benzene rings is 1. The lowest BCUT2D eigenvalue weighted by Crippen LogP contribution is -2.56. The van der Waals surface area contributed by atoms with Gasteiger partial charge in [-0.3, -0.25) is 4.79 Å². The van der Waals surface area contributed by atoms with Crippen LogP contribution in [0.5, 0.6) is 5.75 Å². The topological polar surface area (TPSA) is 26.3 Å². The van der Waals surface area contributed by atoms with Gasteiger partial charge in [-0.15, -0.1) is 0 Å². The summed E-state index contributed by atoms with van der Waals surface area (Å²) in [5.74, 6) is 1.12. The van der Waals surface area contributed by atoms with Crippen LogP contribution in [0.3, 0.4) is 0 Å². The van der Waals surface area contributed by atoms with Gasteiger partial charge in [-0.05, 0) is 37.1 Å². The third-order valence-electron chi connectivity index (χ3n) is 3.90. The molecule has 0 radical (unpaired) electrons. The van der Waals surface area contributed by atoms with Crippen molar-refractivity contribution in [2.75, 3.05) is 0 Å². The molecular weight excluding hydrogens is 236 g/mol. The van der Waals surface area contributed by atoms with E-state index in [0.717, 1.165) is 18.6 Å². The number of carbonyl (C=O) groups excluding carboxylic acids is 1. The van der Waals surface area contributed by atoms with E-state index in [4.69, 9.17) is 16.3 Å². The van der Waals surface area contributed by atoms with Crippen molar-refractivity contribution in [2.45, 2.75) is 39.2 Å². The Kier molecular flexibility index (Phi) is 3.43. The molecule has 1 unspecified atom stereocenters. The molecule has 1 aromatic carbocycles. The van der Waals surface area contributed by atoms with Crippen molar-refractivity contribution < 1.29 is 9.53 Å². The lowest BCUT2D eigenvalue weighted by atomic mass is 9.61. The summed E-state index contributed by atoms with van der Waals surface area (Å²) in [6.45, 7) is 4.11. The van der Waals surface area contributed by atoms with E-state index in [2.05, 4.69) is 13.8 Å². The average molecular weight is 253 g/mol. The Morgan fingerprint density at radius 1 is 1.29 bits per heavy atom. The fraction of sp³-hybridized carbons (Fsp3) is 0.500. The van der Waals surface area contributed by atoms with Crippen LogP contribution in [0.1, 0.15) is 33.1 Å². The number of hydrogen-bond donors (Lipinski definition) is 0. The van der Waals surface area contributed by atoms with E-state index in [1.165, 1.54) is 0 Å². The molecule has 1 aliphatic rings. The molecule has 0 aliphatic heterocycles. The average Bonchev–Trinajstić information content (AvgIpc) is 2.33. The minimum atomic E-state index is -0.264. The van der Waals surface area contributed by atoms with Crippen LogP contribution < -0.4 is 4.74 Å². The zero-order valence-electron chi connectivity index (χ0n) is 10.2. The highest BCUT2D eigenvalue weighted by Crippen LogP contribution is 2.45. The van der Waals surface area contributed by atoms with E-state index in [1.807, 2.05) is 12.1 Å². The predicted molar refractivity (Wildman–Crippen MR) is 68.5 cm³/mol. The number of rotatable bonds is 4. The van der Waals surface area contributed by atoms with Crippen molar-refractivity contribution >= 4 is 17.4 Å². The lowest BCUT2D eigenvalue weighted by Gasteiger charge is -2.46. The number of ether oxygens (including phenoxy) is 1. The third kappa shape index (κ3) is 2.06. The zero-order chi connectivity index (χ0) is 12.5. The van der Waals surface area contributed by atoms with Crippen LogP contribution in [0.15, 0.2) is 24.3 Å². The van der Waals surface area contributed by atoms with Gasteiger partial charge < -0.3 is 4.74 Å². The Morgan fingerprint density at radius 3 is 2.35 bits per heavy atom. The van der Waals surface area contributed by atoms with E-state index in [9.17, 15) is 4.79 Å². The van der Waals surface area contributed by atoms with Gasteiger partial charge in [-0.25, -0.2) is 0 Å². The molecule has 0 spiro atoms. The molecule has 1 atom stereocenters. The minimum absolute atomic E-state index is 0.0196. The van der Waals surface area contributed by atoms with Gasteiger partial charge in [0.15, 0.2) is 0 Å². The predicted octanol–water partition coefficient (Wildman–Crippen LogP) is 3.87. The molecular formula is C14H17ClO2. The van der Waals surface area contributed by atoms with Crippen molar-refractivity contribution in [3.05, 3.63) is 29.3 Å². The van der Waals surface area contributed by atoms with Gasteiger partial charge in [0, 0.05) is 11.4 Å². The number of carbonyl (C=O) groups is 1. The normalized spacial score (nSPS) is 22.1. The molecule has 0 aromatic heterocycles. The van der Waals surface area contributed by atoms with Crippen molar-refractivity contribution in [2.24, 2.45) is 5.41 Å². The molecule has 2 rings (SSSR count). The summed E-state index contributed by atoms with van der Waals surface area (Å²) >= 11 is 5.82. The molecule has 0 saturated heterocycles. The highest BCUT2D eigenvalue weighted by molar-refractivity contribution is 6.30. The van der Waals surface area contributed by atoms with Crippen molar-refractivity contribution in [1.82, 2.24) is 0 Å². The molecule has 1 saturated carbocycles. The number of halogens is 1. The van der Waals surface area contributed by atoms with Gasteiger partial charge in [-0.2, -0.15) is 0 Å². The Bertz CT molecular complexity index is 407. The van der Waals surface area contributed by atoms with E-state index in [0.29, 0.717) is 17.2 Å². The summed E-state index contributed by atoms with van der Waals surface area (Å²) in [6, 6.07) is 7.30. The smallest absolute Gasteiger partial charge is 0.146 e. The van der Waals surface area contributed by atoms with E-state index >= 15 is 0 Å². The van der Waals surface area contributed by atoms with Crippen LogP contribution in [-0.2, 0) is 4.79 Å². The molecule has 0 amide bonds. The number of ketones is 1. The lowest BCUT2D eigenvalue weighted by molar-refractivity contribution is -0.153. The van der Waals surface area contributed by atoms with Gasteiger partial charge >= 0.3 is 0 Å².